The zero-order chi connectivity index (χ0) is 8.72. The van der Waals surface area contributed by atoms with Crippen molar-refractivity contribution in [3.8, 4) is 0 Å². The minimum absolute atomic E-state index is 0.200. The maximum Gasteiger partial charge on any atom is 0.338 e. The summed E-state index contributed by atoms with van der Waals surface area (Å²) in [6, 6.07) is 2.88. The Balaban J connectivity index is 2.63. The number of cyclic esters (lactones) is 1. The second-order valence-electron chi connectivity index (χ2n) is 2.83. The molecule has 0 saturated heterocycles. The van der Waals surface area contributed by atoms with E-state index in [1.54, 1.807) is 6.92 Å². The van der Waals surface area contributed by atoms with Gasteiger partial charge in [-0.1, -0.05) is 0 Å². The highest BCUT2D eigenvalue weighted by Crippen LogP contribution is 2.22. The van der Waals surface area contributed by atoms with Crippen LogP contribution in [0.5, 0.6) is 0 Å². The van der Waals surface area contributed by atoms with Crippen LogP contribution in [0.3, 0.4) is 0 Å². The highest BCUT2D eigenvalue weighted by atomic mass is 19.1. The van der Waals surface area contributed by atoms with Crippen molar-refractivity contribution >= 4 is 5.97 Å². The number of hydrogen-bond donors (Lipinski definition) is 0. The second-order valence-corrected chi connectivity index (χ2v) is 2.83. The molecule has 2 rings (SSSR count). The van der Waals surface area contributed by atoms with E-state index in [2.05, 4.69) is 0 Å². The molecule has 0 atom stereocenters. The van der Waals surface area contributed by atoms with E-state index in [1.807, 2.05) is 0 Å². The lowest BCUT2D eigenvalue weighted by atomic mass is 10.1. The summed E-state index contributed by atoms with van der Waals surface area (Å²) >= 11 is 0. The summed E-state index contributed by atoms with van der Waals surface area (Å²) < 4.78 is 17.7. The van der Waals surface area contributed by atoms with Crippen molar-refractivity contribution < 1.29 is 13.9 Å². The van der Waals surface area contributed by atoms with E-state index in [0.29, 0.717) is 16.7 Å². The number of fused-ring (bicyclic) bond motifs is 1. The van der Waals surface area contributed by atoms with Crippen molar-refractivity contribution in [2.75, 3.05) is 0 Å². The molecule has 0 N–H and O–H groups in total. The molecule has 62 valence electrons. The van der Waals surface area contributed by atoms with Gasteiger partial charge in [0.2, 0.25) is 0 Å². The van der Waals surface area contributed by atoms with Crippen molar-refractivity contribution in [1.29, 1.82) is 0 Å². The van der Waals surface area contributed by atoms with E-state index < -0.39 is 0 Å². The smallest absolute Gasteiger partial charge is 0.338 e. The zero-order valence-corrected chi connectivity index (χ0v) is 6.56. The van der Waals surface area contributed by atoms with Gasteiger partial charge in [0.25, 0.3) is 0 Å². The topological polar surface area (TPSA) is 26.3 Å². The van der Waals surface area contributed by atoms with Gasteiger partial charge in [0, 0.05) is 5.56 Å². The minimum atomic E-state index is -0.354. The first-order valence-electron chi connectivity index (χ1n) is 3.64. The van der Waals surface area contributed by atoms with Crippen molar-refractivity contribution in [2.24, 2.45) is 0 Å². The van der Waals surface area contributed by atoms with Crippen molar-refractivity contribution in [1.82, 2.24) is 0 Å². The van der Waals surface area contributed by atoms with Gasteiger partial charge in [0.15, 0.2) is 0 Å². The summed E-state index contributed by atoms with van der Waals surface area (Å²) in [5.41, 5.74) is 1.62. The first kappa shape index (κ1) is 7.28. The molecule has 12 heavy (non-hydrogen) atoms. The van der Waals surface area contributed by atoms with Crippen molar-refractivity contribution in [3.05, 3.63) is 34.6 Å². The normalized spacial score (nSPS) is 14.3. The second kappa shape index (κ2) is 2.30. The lowest BCUT2D eigenvalue weighted by molar-refractivity contribution is 0.0535. The molecule has 0 radical (unpaired) electrons. The Kier molecular flexibility index (Phi) is 1.40. The van der Waals surface area contributed by atoms with E-state index in [4.69, 9.17) is 4.74 Å². The van der Waals surface area contributed by atoms with Gasteiger partial charge in [0.1, 0.15) is 12.4 Å². The van der Waals surface area contributed by atoms with Gasteiger partial charge in [0.05, 0.1) is 5.56 Å². The molecule has 1 aliphatic rings. The lowest BCUT2D eigenvalue weighted by Gasteiger charge is -1.97. The van der Waals surface area contributed by atoms with Gasteiger partial charge in [-0.05, 0) is 24.6 Å². The zero-order valence-electron chi connectivity index (χ0n) is 6.56. The summed E-state index contributed by atoms with van der Waals surface area (Å²) in [6.07, 6.45) is 0. The summed E-state index contributed by atoms with van der Waals surface area (Å²) in [5.74, 6) is -0.639. The molecule has 0 unspecified atom stereocenters. The van der Waals surface area contributed by atoms with Gasteiger partial charge < -0.3 is 4.74 Å². The van der Waals surface area contributed by atoms with Crippen LogP contribution in [-0.2, 0) is 11.3 Å². The largest absolute Gasteiger partial charge is 0.457 e. The van der Waals surface area contributed by atoms with Gasteiger partial charge in [-0.3, -0.25) is 0 Å². The van der Waals surface area contributed by atoms with Crippen LogP contribution in [-0.4, -0.2) is 5.97 Å². The van der Waals surface area contributed by atoms with Crippen LogP contribution in [0, 0.1) is 12.7 Å². The molecule has 0 fully saturated rings. The van der Waals surface area contributed by atoms with Crippen molar-refractivity contribution in [2.45, 2.75) is 13.5 Å². The SMILES string of the molecule is Cc1cc2c(cc1F)COC2=O. The minimum Gasteiger partial charge on any atom is -0.457 e. The maximum atomic E-state index is 12.9. The third kappa shape index (κ3) is 0.897. The van der Waals surface area contributed by atoms with Gasteiger partial charge in [-0.25, -0.2) is 9.18 Å². The fraction of sp³-hybridized carbons (Fsp3) is 0.222. The molecular weight excluding hydrogens is 159 g/mol. The Bertz CT molecular complexity index is 358. The molecule has 0 aliphatic carbocycles. The molecule has 1 aliphatic heterocycles. The third-order valence-electron chi connectivity index (χ3n) is 1.96. The predicted molar refractivity (Wildman–Crippen MR) is 40.3 cm³/mol. The molecule has 1 aromatic carbocycles. The predicted octanol–water partition coefficient (Wildman–Crippen LogP) is 1.80. The van der Waals surface area contributed by atoms with Crippen LogP contribution in [0.1, 0.15) is 21.5 Å². The van der Waals surface area contributed by atoms with Gasteiger partial charge >= 0.3 is 5.97 Å². The molecule has 0 saturated carbocycles. The highest BCUT2D eigenvalue weighted by molar-refractivity contribution is 5.93. The van der Waals surface area contributed by atoms with Crippen LogP contribution >= 0.6 is 0 Å². The average molecular weight is 166 g/mol. The van der Waals surface area contributed by atoms with Crippen LogP contribution < -0.4 is 0 Å². The van der Waals surface area contributed by atoms with Gasteiger partial charge in [-0.15, -0.1) is 0 Å². The van der Waals surface area contributed by atoms with E-state index in [-0.39, 0.29) is 18.4 Å². The highest BCUT2D eigenvalue weighted by Gasteiger charge is 2.22. The van der Waals surface area contributed by atoms with E-state index in [0.717, 1.165) is 0 Å². The summed E-state index contributed by atoms with van der Waals surface area (Å²) in [5, 5.41) is 0. The van der Waals surface area contributed by atoms with Crippen LogP contribution in [0.4, 0.5) is 4.39 Å². The number of aryl methyl sites for hydroxylation is 1. The Morgan fingerprint density at radius 1 is 1.50 bits per heavy atom. The summed E-state index contributed by atoms with van der Waals surface area (Å²) in [6.45, 7) is 1.83. The molecule has 3 heteroatoms. The number of carbonyl (C=O) groups excluding carboxylic acids is 1. The number of ether oxygens (including phenoxy) is 1. The molecule has 2 nitrogen and oxygen atoms in total. The summed E-state index contributed by atoms with van der Waals surface area (Å²) in [4.78, 5) is 11.0. The quantitative estimate of drug-likeness (QED) is 0.549. The molecule has 0 bridgehead atoms. The number of benzene rings is 1. The van der Waals surface area contributed by atoms with Gasteiger partial charge in [-0.2, -0.15) is 0 Å². The summed E-state index contributed by atoms with van der Waals surface area (Å²) in [7, 11) is 0. The molecule has 1 heterocycles. The number of esters is 1. The Hall–Kier alpha value is -1.38. The molecular formula is C9H7FO2. The van der Waals surface area contributed by atoms with Crippen LogP contribution in [0.25, 0.3) is 0 Å². The van der Waals surface area contributed by atoms with E-state index in [9.17, 15) is 9.18 Å². The lowest BCUT2D eigenvalue weighted by Crippen LogP contribution is -1.95. The molecule has 0 amide bonds. The number of hydrogen-bond acceptors (Lipinski definition) is 2. The number of halogens is 1. The Morgan fingerprint density at radius 3 is 3.00 bits per heavy atom. The molecule has 1 aromatic rings. The Morgan fingerprint density at radius 2 is 2.25 bits per heavy atom. The van der Waals surface area contributed by atoms with E-state index in [1.165, 1.54) is 12.1 Å². The number of rotatable bonds is 0. The maximum absolute atomic E-state index is 12.9. The number of carbonyl (C=O) groups is 1. The fourth-order valence-corrected chi connectivity index (χ4v) is 1.25. The van der Waals surface area contributed by atoms with E-state index >= 15 is 0 Å². The molecule has 0 spiro atoms. The van der Waals surface area contributed by atoms with Crippen molar-refractivity contribution in [3.63, 3.8) is 0 Å². The first-order valence-corrected chi connectivity index (χ1v) is 3.64. The average Bonchev–Trinajstić information content (AvgIpc) is 2.35. The molecule has 0 aromatic heterocycles. The Labute approximate surface area is 69.0 Å². The van der Waals surface area contributed by atoms with Crippen LogP contribution in [0.2, 0.25) is 0 Å². The fourth-order valence-electron chi connectivity index (χ4n) is 1.25. The first-order chi connectivity index (χ1) is 5.68. The monoisotopic (exact) mass is 166 g/mol. The van der Waals surface area contributed by atoms with Crippen LogP contribution in [0.15, 0.2) is 12.1 Å². The standard InChI is InChI=1S/C9H7FO2/c1-5-2-7-6(3-8(5)10)4-12-9(7)11/h2-3H,4H2,1H3. The third-order valence-corrected chi connectivity index (χ3v) is 1.96.